The first-order chi connectivity index (χ1) is 10.3. The van der Waals surface area contributed by atoms with Gasteiger partial charge in [0.15, 0.2) is 0 Å². The number of hydrogen-bond acceptors (Lipinski definition) is 2. The molecule has 0 aliphatic carbocycles. The van der Waals surface area contributed by atoms with Crippen molar-refractivity contribution in [1.29, 1.82) is 0 Å². The van der Waals surface area contributed by atoms with E-state index in [0.717, 1.165) is 26.1 Å². The molecule has 2 heteroatoms. The van der Waals surface area contributed by atoms with Crippen LogP contribution in [0.1, 0.15) is 35.6 Å². The highest BCUT2D eigenvalue weighted by Gasteiger charge is 2.20. The lowest BCUT2D eigenvalue weighted by Gasteiger charge is -2.29. The van der Waals surface area contributed by atoms with Crippen molar-refractivity contribution in [2.75, 3.05) is 13.2 Å². The van der Waals surface area contributed by atoms with Gasteiger partial charge in [-0.2, -0.15) is 0 Å². The summed E-state index contributed by atoms with van der Waals surface area (Å²) in [4.78, 5) is 0. The van der Waals surface area contributed by atoms with Crippen molar-refractivity contribution in [3.8, 4) is 0 Å². The van der Waals surface area contributed by atoms with Gasteiger partial charge in [-0.25, -0.2) is 0 Å². The third kappa shape index (κ3) is 3.72. The summed E-state index contributed by atoms with van der Waals surface area (Å²) >= 11 is 0. The van der Waals surface area contributed by atoms with Gasteiger partial charge < -0.3 is 10.1 Å². The van der Waals surface area contributed by atoms with E-state index in [-0.39, 0.29) is 6.04 Å². The highest BCUT2D eigenvalue weighted by molar-refractivity contribution is 5.33. The van der Waals surface area contributed by atoms with Crippen molar-refractivity contribution in [2.24, 2.45) is 0 Å². The highest BCUT2D eigenvalue weighted by Crippen LogP contribution is 2.24. The molecule has 1 saturated heterocycles. The summed E-state index contributed by atoms with van der Waals surface area (Å²) in [6, 6.07) is 20.4. The van der Waals surface area contributed by atoms with Gasteiger partial charge in [-0.3, -0.25) is 0 Å². The van der Waals surface area contributed by atoms with Crippen molar-refractivity contribution < 1.29 is 4.74 Å². The van der Waals surface area contributed by atoms with Crippen LogP contribution in [0.2, 0.25) is 0 Å². The smallest absolute Gasteiger partial charge is 0.0578 e. The average molecular weight is 281 g/mol. The minimum absolute atomic E-state index is 0.259. The van der Waals surface area contributed by atoms with Gasteiger partial charge in [-0.05, 0) is 30.9 Å². The third-order valence-corrected chi connectivity index (χ3v) is 4.17. The van der Waals surface area contributed by atoms with Crippen molar-refractivity contribution in [3.05, 3.63) is 71.3 Å². The Bertz CT molecular complexity index is 544. The van der Waals surface area contributed by atoms with Crippen molar-refractivity contribution in [3.63, 3.8) is 0 Å². The third-order valence-electron chi connectivity index (χ3n) is 4.17. The molecule has 1 N–H and O–H groups in total. The van der Waals surface area contributed by atoms with Crippen LogP contribution in [0.25, 0.3) is 0 Å². The Morgan fingerprint density at radius 3 is 2.19 bits per heavy atom. The highest BCUT2D eigenvalue weighted by atomic mass is 16.5. The fourth-order valence-corrected chi connectivity index (χ4v) is 2.89. The van der Waals surface area contributed by atoms with Gasteiger partial charge in [0.05, 0.1) is 6.04 Å². The van der Waals surface area contributed by atoms with Gasteiger partial charge in [0, 0.05) is 19.3 Å². The Hall–Kier alpha value is -1.64. The lowest BCUT2D eigenvalue weighted by Crippen LogP contribution is -2.37. The van der Waals surface area contributed by atoms with Crippen LogP contribution in [0, 0.1) is 6.92 Å². The second kappa shape index (κ2) is 6.88. The van der Waals surface area contributed by atoms with Gasteiger partial charge >= 0.3 is 0 Å². The van der Waals surface area contributed by atoms with E-state index in [4.69, 9.17) is 4.74 Å². The van der Waals surface area contributed by atoms with Crippen LogP contribution in [0.15, 0.2) is 54.6 Å². The molecule has 0 bridgehead atoms. The van der Waals surface area contributed by atoms with Gasteiger partial charge in [0.25, 0.3) is 0 Å². The Morgan fingerprint density at radius 1 is 0.905 bits per heavy atom. The molecule has 21 heavy (non-hydrogen) atoms. The lowest BCUT2D eigenvalue weighted by molar-refractivity contribution is 0.0761. The van der Waals surface area contributed by atoms with E-state index >= 15 is 0 Å². The fourth-order valence-electron chi connectivity index (χ4n) is 2.89. The molecule has 1 heterocycles. The molecule has 0 radical (unpaired) electrons. The van der Waals surface area contributed by atoms with Crippen LogP contribution >= 0.6 is 0 Å². The van der Waals surface area contributed by atoms with Gasteiger partial charge in [-0.15, -0.1) is 0 Å². The van der Waals surface area contributed by atoms with Crippen molar-refractivity contribution in [2.45, 2.75) is 31.8 Å². The normalized spacial score (nSPS) is 17.6. The van der Waals surface area contributed by atoms with Gasteiger partial charge in [-0.1, -0.05) is 60.2 Å². The molecule has 1 aliphatic rings. The second-order valence-corrected chi connectivity index (χ2v) is 5.81. The number of hydrogen-bond donors (Lipinski definition) is 1. The molecule has 0 unspecified atom stereocenters. The fraction of sp³-hybridized carbons (Fsp3) is 0.368. The monoisotopic (exact) mass is 281 g/mol. The minimum Gasteiger partial charge on any atom is -0.381 e. The largest absolute Gasteiger partial charge is 0.381 e. The summed E-state index contributed by atoms with van der Waals surface area (Å²) < 4.78 is 5.47. The molecule has 1 aliphatic heterocycles. The van der Waals surface area contributed by atoms with Gasteiger partial charge in [0.2, 0.25) is 0 Å². The quantitative estimate of drug-likeness (QED) is 0.919. The van der Waals surface area contributed by atoms with Crippen LogP contribution in [0.4, 0.5) is 0 Å². The summed E-state index contributed by atoms with van der Waals surface area (Å²) in [5.41, 5.74) is 3.96. The maximum Gasteiger partial charge on any atom is 0.0578 e. The summed E-state index contributed by atoms with van der Waals surface area (Å²) in [6.45, 7) is 3.87. The first kappa shape index (κ1) is 14.3. The molecule has 1 fully saturated rings. The first-order valence-electron chi connectivity index (χ1n) is 7.78. The van der Waals surface area contributed by atoms with Gasteiger partial charge in [0.1, 0.15) is 0 Å². The number of ether oxygens (including phenoxy) is 1. The number of benzene rings is 2. The molecular formula is C19H23NO. The summed E-state index contributed by atoms with van der Waals surface area (Å²) in [5.74, 6) is 0. The van der Waals surface area contributed by atoms with E-state index in [1.54, 1.807) is 0 Å². The predicted molar refractivity (Wildman–Crippen MR) is 86.4 cm³/mol. The number of aryl methyl sites for hydroxylation is 1. The molecular weight excluding hydrogens is 258 g/mol. The zero-order chi connectivity index (χ0) is 14.5. The molecule has 2 aromatic carbocycles. The van der Waals surface area contributed by atoms with E-state index in [0.29, 0.717) is 6.04 Å². The SMILES string of the molecule is Cc1ccc([C@@H](NC2CCOCC2)c2ccccc2)cc1. The molecule has 2 nitrogen and oxygen atoms in total. The second-order valence-electron chi connectivity index (χ2n) is 5.81. The first-order valence-corrected chi connectivity index (χ1v) is 7.78. The summed E-state index contributed by atoms with van der Waals surface area (Å²) in [6.07, 6.45) is 2.18. The Balaban J connectivity index is 1.85. The Labute approximate surface area is 127 Å². The zero-order valence-electron chi connectivity index (χ0n) is 12.6. The standard InChI is InChI=1S/C19H23NO/c1-15-7-9-17(10-8-15)19(16-5-3-2-4-6-16)20-18-11-13-21-14-12-18/h2-10,18-20H,11-14H2,1H3/t19-/m0/s1. The van der Waals surface area contributed by atoms with E-state index in [1.807, 2.05) is 0 Å². The van der Waals surface area contributed by atoms with Crippen LogP contribution in [0.5, 0.6) is 0 Å². The molecule has 110 valence electrons. The lowest BCUT2D eigenvalue weighted by atomic mass is 9.96. The molecule has 0 spiro atoms. The van der Waals surface area contributed by atoms with Crippen molar-refractivity contribution >= 4 is 0 Å². The molecule has 0 amide bonds. The van der Waals surface area contributed by atoms with Crippen LogP contribution in [-0.4, -0.2) is 19.3 Å². The molecule has 2 aromatic rings. The molecule has 1 atom stereocenters. The Morgan fingerprint density at radius 2 is 1.52 bits per heavy atom. The maximum atomic E-state index is 5.47. The zero-order valence-corrected chi connectivity index (χ0v) is 12.6. The van der Waals surface area contributed by atoms with E-state index < -0.39 is 0 Å². The minimum atomic E-state index is 0.259. The van der Waals surface area contributed by atoms with Crippen LogP contribution in [0.3, 0.4) is 0 Å². The average Bonchev–Trinajstić information content (AvgIpc) is 2.55. The molecule has 3 rings (SSSR count). The van der Waals surface area contributed by atoms with E-state index in [9.17, 15) is 0 Å². The van der Waals surface area contributed by atoms with Crippen LogP contribution in [-0.2, 0) is 4.74 Å². The predicted octanol–water partition coefficient (Wildman–Crippen LogP) is 3.85. The topological polar surface area (TPSA) is 21.3 Å². The van der Waals surface area contributed by atoms with Crippen molar-refractivity contribution in [1.82, 2.24) is 5.32 Å². The summed E-state index contributed by atoms with van der Waals surface area (Å²) in [7, 11) is 0. The molecule has 0 aromatic heterocycles. The maximum absolute atomic E-state index is 5.47. The Kier molecular flexibility index (Phi) is 4.69. The van der Waals surface area contributed by atoms with Crippen LogP contribution < -0.4 is 5.32 Å². The molecule has 0 saturated carbocycles. The number of rotatable bonds is 4. The van der Waals surface area contributed by atoms with E-state index in [2.05, 4.69) is 66.8 Å². The summed E-state index contributed by atoms with van der Waals surface area (Å²) in [5, 5.41) is 3.83. The van der Waals surface area contributed by atoms with E-state index in [1.165, 1.54) is 16.7 Å². The number of nitrogens with one attached hydrogen (secondary N) is 1.